The number of ketones is 1. The molecule has 146 valence electrons. The van der Waals surface area contributed by atoms with E-state index in [1.165, 1.54) is 0 Å². The first-order valence-corrected chi connectivity index (χ1v) is 9.68. The Morgan fingerprint density at radius 2 is 1.68 bits per heavy atom. The van der Waals surface area contributed by atoms with Gasteiger partial charge in [0.2, 0.25) is 0 Å². The van der Waals surface area contributed by atoms with Crippen molar-refractivity contribution in [3.05, 3.63) is 47.0 Å². The Balaban J connectivity index is 2.05. The first-order valence-electron chi connectivity index (χ1n) is 9.68. The van der Waals surface area contributed by atoms with Gasteiger partial charge in [-0.25, -0.2) is 0 Å². The molecule has 0 saturated heterocycles. The van der Waals surface area contributed by atoms with Gasteiger partial charge in [-0.05, 0) is 42.0 Å². The number of methoxy groups -OCH3 is 2. The standard InChI is InChI=1S/C23H24O5/c1-27-19-11-9-17(14-6-5-7-16-15(14)8-10-18(16)24)20(21(19)28-2)23(22(25)26)12-3-4-13-23/h5-7,9,11H,3-4,8,10,12-13H2,1-2H3,(H,25,26). The van der Waals surface area contributed by atoms with E-state index in [9.17, 15) is 14.7 Å². The fourth-order valence-corrected chi connectivity index (χ4v) is 4.92. The Bertz CT molecular complexity index is 954. The van der Waals surface area contributed by atoms with Gasteiger partial charge in [-0.2, -0.15) is 0 Å². The smallest absolute Gasteiger partial charge is 0.314 e. The van der Waals surface area contributed by atoms with Gasteiger partial charge in [-0.15, -0.1) is 0 Å². The molecule has 1 fully saturated rings. The zero-order valence-corrected chi connectivity index (χ0v) is 16.2. The fraction of sp³-hybridized carbons (Fsp3) is 0.391. The van der Waals surface area contributed by atoms with Crippen LogP contribution in [0.25, 0.3) is 11.1 Å². The highest BCUT2D eigenvalue weighted by Gasteiger charge is 2.47. The number of carbonyl (C=O) groups is 2. The van der Waals surface area contributed by atoms with Crippen LogP contribution in [0.15, 0.2) is 30.3 Å². The Hall–Kier alpha value is -2.82. The number of carboxylic acid groups (broad SMARTS) is 1. The van der Waals surface area contributed by atoms with Crippen molar-refractivity contribution in [3.8, 4) is 22.6 Å². The second-order valence-corrected chi connectivity index (χ2v) is 7.57. The number of hydrogen-bond donors (Lipinski definition) is 1. The van der Waals surface area contributed by atoms with Gasteiger partial charge >= 0.3 is 5.97 Å². The first-order chi connectivity index (χ1) is 13.5. The number of carbonyl (C=O) groups excluding carboxylic acids is 1. The van der Waals surface area contributed by atoms with Crippen LogP contribution >= 0.6 is 0 Å². The summed E-state index contributed by atoms with van der Waals surface area (Å²) in [4.78, 5) is 24.8. The summed E-state index contributed by atoms with van der Waals surface area (Å²) in [6.45, 7) is 0. The molecule has 0 amide bonds. The van der Waals surface area contributed by atoms with Gasteiger partial charge in [0, 0.05) is 17.5 Å². The van der Waals surface area contributed by atoms with Crippen LogP contribution < -0.4 is 9.47 Å². The van der Waals surface area contributed by atoms with Crippen molar-refractivity contribution >= 4 is 11.8 Å². The highest BCUT2D eigenvalue weighted by molar-refractivity contribution is 6.03. The molecule has 0 bridgehead atoms. The van der Waals surface area contributed by atoms with Crippen molar-refractivity contribution in [2.45, 2.75) is 43.9 Å². The van der Waals surface area contributed by atoms with Crippen LogP contribution in [-0.4, -0.2) is 31.1 Å². The molecule has 5 heteroatoms. The van der Waals surface area contributed by atoms with E-state index in [4.69, 9.17) is 9.47 Å². The number of benzene rings is 2. The molecule has 2 aliphatic carbocycles. The number of aliphatic carboxylic acids is 1. The molecule has 2 aliphatic rings. The Morgan fingerprint density at radius 3 is 2.32 bits per heavy atom. The maximum atomic E-state index is 12.5. The number of Topliss-reactive ketones (excluding diaryl/α,β-unsaturated/α-hetero) is 1. The summed E-state index contributed by atoms with van der Waals surface area (Å²) in [7, 11) is 3.11. The highest BCUT2D eigenvalue weighted by Crippen LogP contribution is 2.52. The molecule has 0 radical (unpaired) electrons. The van der Waals surface area contributed by atoms with Crippen LogP contribution in [-0.2, 0) is 16.6 Å². The predicted molar refractivity (Wildman–Crippen MR) is 105 cm³/mol. The number of hydrogen-bond acceptors (Lipinski definition) is 4. The molecule has 2 aromatic rings. The van der Waals surface area contributed by atoms with Crippen LogP contribution in [0.1, 0.15) is 53.6 Å². The van der Waals surface area contributed by atoms with E-state index in [2.05, 4.69) is 0 Å². The van der Waals surface area contributed by atoms with E-state index in [1.54, 1.807) is 14.2 Å². The summed E-state index contributed by atoms with van der Waals surface area (Å²) >= 11 is 0. The normalized spacial score (nSPS) is 17.4. The van der Waals surface area contributed by atoms with Crippen molar-refractivity contribution in [2.75, 3.05) is 14.2 Å². The molecule has 0 aliphatic heterocycles. The molecule has 1 saturated carbocycles. The van der Waals surface area contributed by atoms with Gasteiger partial charge in [0.05, 0.1) is 19.6 Å². The van der Waals surface area contributed by atoms with Crippen LogP contribution in [0.2, 0.25) is 0 Å². The summed E-state index contributed by atoms with van der Waals surface area (Å²) in [6.07, 6.45) is 4.02. The minimum absolute atomic E-state index is 0.146. The average molecular weight is 380 g/mol. The van der Waals surface area contributed by atoms with Crippen molar-refractivity contribution < 1.29 is 24.2 Å². The third-order valence-corrected chi connectivity index (χ3v) is 6.26. The monoisotopic (exact) mass is 380 g/mol. The number of rotatable bonds is 5. The molecule has 2 aromatic carbocycles. The summed E-state index contributed by atoms with van der Waals surface area (Å²) < 4.78 is 11.2. The predicted octanol–water partition coefficient (Wildman–Crippen LogP) is 4.40. The lowest BCUT2D eigenvalue weighted by Crippen LogP contribution is -2.34. The first kappa shape index (κ1) is 18.5. The topological polar surface area (TPSA) is 72.8 Å². The third kappa shape index (κ3) is 2.60. The van der Waals surface area contributed by atoms with Crippen LogP contribution in [0.5, 0.6) is 11.5 Å². The van der Waals surface area contributed by atoms with Crippen LogP contribution in [0, 0.1) is 0 Å². The van der Waals surface area contributed by atoms with Crippen LogP contribution in [0.4, 0.5) is 0 Å². The van der Waals surface area contributed by atoms with E-state index in [0.29, 0.717) is 42.7 Å². The van der Waals surface area contributed by atoms with Crippen molar-refractivity contribution in [1.82, 2.24) is 0 Å². The maximum absolute atomic E-state index is 12.5. The minimum Gasteiger partial charge on any atom is -0.493 e. The number of carboxylic acids is 1. The summed E-state index contributed by atoms with van der Waals surface area (Å²) in [5, 5.41) is 10.3. The summed E-state index contributed by atoms with van der Waals surface area (Å²) in [6, 6.07) is 9.44. The second-order valence-electron chi connectivity index (χ2n) is 7.57. The molecular weight excluding hydrogens is 356 g/mol. The number of fused-ring (bicyclic) bond motifs is 1. The molecule has 5 nitrogen and oxygen atoms in total. The molecule has 0 unspecified atom stereocenters. The Labute approximate surface area is 164 Å². The largest absolute Gasteiger partial charge is 0.493 e. The molecule has 0 atom stereocenters. The Kier molecular flexibility index (Phi) is 4.61. The molecule has 4 rings (SSSR count). The van der Waals surface area contributed by atoms with Gasteiger partial charge in [0.1, 0.15) is 0 Å². The Morgan fingerprint density at radius 1 is 0.964 bits per heavy atom. The third-order valence-electron chi connectivity index (χ3n) is 6.26. The summed E-state index contributed by atoms with van der Waals surface area (Å²) in [5.41, 5.74) is 3.15. The number of ether oxygens (including phenoxy) is 2. The molecule has 28 heavy (non-hydrogen) atoms. The van der Waals surface area contributed by atoms with Gasteiger partial charge in [-0.1, -0.05) is 37.1 Å². The van der Waals surface area contributed by atoms with E-state index >= 15 is 0 Å². The van der Waals surface area contributed by atoms with E-state index in [0.717, 1.165) is 35.1 Å². The zero-order chi connectivity index (χ0) is 19.9. The lowest BCUT2D eigenvalue weighted by Gasteiger charge is -2.30. The zero-order valence-electron chi connectivity index (χ0n) is 16.2. The molecule has 1 N–H and O–H groups in total. The van der Waals surface area contributed by atoms with Crippen molar-refractivity contribution in [1.29, 1.82) is 0 Å². The lowest BCUT2D eigenvalue weighted by atomic mass is 9.74. The maximum Gasteiger partial charge on any atom is 0.314 e. The second kappa shape index (κ2) is 6.97. The van der Waals surface area contributed by atoms with E-state index in [-0.39, 0.29) is 5.78 Å². The SMILES string of the molecule is COc1ccc(-c2cccc3c2CCC3=O)c(C2(C(=O)O)CCCC2)c1OC. The quantitative estimate of drug-likeness (QED) is 0.832. The van der Waals surface area contributed by atoms with Crippen molar-refractivity contribution in [3.63, 3.8) is 0 Å². The molecule has 0 aromatic heterocycles. The highest BCUT2D eigenvalue weighted by atomic mass is 16.5. The van der Waals surface area contributed by atoms with Crippen molar-refractivity contribution in [2.24, 2.45) is 0 Å². The van der Waals surface area contributed by atoms with Gasteiger partial charge < -0.3 is 14.6 Å². The van der Waals surface area contributed by atoms with E-state index < -0.39 is 11.4 Å². The molecular formula is C23H24O5. The van der Waals surface area contributed by atoms with Gasteiger partial charge in [0.25, 0.3) is 0 Å². The van der Waals surface area contributed by atoms with Crippen LogP contribution in [0.3, 0.4) is 0 Å². The minimum atomic E-state index is -1.01. The lowest BCUT2D eigenvalue weighted by molar-refractivity contribution is -0.143. The summed E-state index contributed by atoms with van der Waals surface area (Å²) in [5.74, 6) is 0.317. The fourth-order valence-electron chi connectivity index (χ4n) is 4.92. The van der Waals surface area contributed by atoms with Gasteiger partial charge in [-0.3, -0.25) is 9.59 Å². The average Bonchev–Trinajstić information content (AvgIpc) is 3.35. The molecule has 0 heterocycles. The molecule has 0 spiro atoms. The van der Waals surface area contributed by atoms with E-state index in [1.807, 2.05) is 30.3 Å². The van der Waals surface area contributed by atoms with Gasteiger partial charge in [0.15, 0.2) is 17.3 Å².